The molecule has 148 valence electrons. The van der Waals surface area contributed by atoms with E-state index in [4.69, 9.17) is 9.63 Å². The average Bonchev–Trinajstić information content (AvgIpc) is 3.16. The van der Waals surface area contributed by atoms with Crippen molar-refractivity contribution in [2.75, 3.05) is 50.0 Å². The molecule has 0 unspecified atom stereocenters. The summed E-state index contributed by atoms with van der Waals surface area (Å²) < 4.78 is 5.72. The summed E-state index contributed by atoms with van der Waals surface area (Å²) in [7, 11) is 2.08. The summed E-state index contributed by atoms with van der Waals surface area (Å²) in [5.41, 5.74) is 3.66. The number of hydrogen-bond acceptors (Lipinski definition) is 7. The number of aromatic nitrogens is 1. The summed E-state index contributed by atoms with van der Waals surface area (Å²) in [5.74, 6) is -0.591. The number of nitrogens with one attached hydrogen (secondary N) is 1. The Bertz CT molecular complexity index is 1150. The summed E-state index contributed by atoms with van der Waals surface area (Å²) >= 11 is 0. The number of likely N-dealkylation sites (N-methyl/N-ethyl adjacent to an activating group) is 1. The van der Waals surface area contributed by atoms with Crippen LogP contribution in [0.15, 0.2) is 34.9 Å². The quantitative estimate of drug-likeness (QED) is 0.546. The summed E-state index contributed by atoms with van der Waals surface area (Å²) in [6.07, 6.45) is 0. The first-order valence-corrected chi connectivity index (χ1v) is 9.54. The van der Waals surface area contributed by atoms with Gasteiger partial charge in [0.05, 0.1) is 16.6 Å². The minimum Gasteiger partial charge on any atom is -0.480 e. The highest BCUT2D eigenvalue weighted by Gasteiger charge is 2.34. The molecule has 2 aliphatic rings. The molecule has 0 radical (unpaired) electrons. The van der Waals surface area contributed by atoms with Gasteiger partial charge in [0, 0.05) is 43.0 Å². The number of carbonyl (C=O) groups is 2. The SMILES string of the molecule is CN1CCN(c2cc(NCC(=O)O)c3c4c(onc24)-c2ccccc2C3=O)CC1. The zero-order valence-electron chi connectivity index (χ0n) is 15.9. The van der Waals surface area contributed by atoms with Crippen LogP contribution in [-0.2, 0) is 4.79 Å². The number of anilines is 2. The lowest BCUT2D eigenvalue weighted by Gasteiger charge is -2.34. The van der Waals surface area contributed by atoms with Crippen LogP contribution in [0, 0.1) is 0 Å². The van der Waals surface area contributed by atoms with Gasteiger partial charge in [0.1, 0.15) is 12.1 Å². The van der Waals surface area contributed by atoms with Crippen LogP contribution >= 0.6 is 0 Å². The third kappa shape index (κ3) is 2.75. The van der Waals surface area contributed by atoms with Crippen molar-refractivity contribution >= 4 is 34.0 Å². The van der Waals surface area contributed by atoms with Crippen LogP contribution in [-0.4, -0.2) is 66.7 Å². The van der Waals surface area contributed by atoms with Crippen LogP contribution in [0.25, 0.3) is 22.2 Å². The minimum absolute atomic E-state index is 0.154. The molecule has 1 aromatic heterocycles. The molecular weight excluding hydrogens is 372 g/mol. The number of rotatable bonds is 4. The first-order valence-electron chi connectivity index (χ1n) is 9.54. The van der Waals surface area contributed by atoms with E-state index in [1.807, 2.05) is 18.2 Å². The van der Waals surface area contributed by atoms with Crippen LogP contribution in [0.4, 0.5) is 11.4 Å². The van der Waals surface area contributed by atoms with Gasteiger partial charge in [-0.15, -0.1) is 0 Å². The number of ketones is 1. The topological polar surface area (TPSA) is 98.9 Å². The fraction of sp³-hybridized carbons (Fsp3) is 0.286. The number of carboxylic acids is 1. The van der Waals surface area contributed by atoms with Gasteiger partial charge in [-0.1, -0.05) is 29.4 Å². The molecule has 2 heterocycles. The van der Waals surface area contributed by atoms with Gasteiger partial charge in [0.2, 0.25) is 0 Å². The zero-order chi connectivity index (χ0) is 20.1. The fourth-order valence-corrected chi connectivity index (χ4v) is 4.14. The second-order valence-corrected chi connectivity index (χ2v) is 7.47. The molecule has 0 bridgehead atoms. The molecule has 29 heavy (non-hydrogen) atoms. The molecule has 8 heteroatoms. The molecule has 2 aromatic carbocycles. The predicted octanol–water partition coefficient (Wildman–Crippen LogP) is 2.29. The van der Waals surface area contributed by atoms with Gasteiger partial charge >= 0.3 is 5.97 Å². The number of nitrogens with zero attached hydrogens (tertiary/aromatic N) is 3. The van der Waals surface area contributed by atoms with Crippen molar-refractivity contribution in [2.24, 2.45) is 0 Å². The maximum atomic E-state index is 13.3. The molecule has 1 aliphatic carbocycles. The molecule has 0 amide bonds. The van der Waals surface area contributed by atoms with Crippen LogP contribution < -0.4 is 10.2 Å². The van der Waals surface area contributed by atoms with E-state index < -0.39 is 5.97 Å². The van der Waals surface area contributed by atoms with Crippen molar-refractivity contribution in [3.63, 3.8) is 0 Å². The first-order chi connectivity index (χ1) is 14.0. The largest absolute Gasteiger partial charge is 0.480 e. The van der Waals surface area contributed by atoms with E-state index in [9.17, 15) is 9.59 Å². The second-order valence-electron chi connectivity index (χ2n) is 7.47. The fourth-order valence-electron chi connectivity index (χ4n) is 4.14. The molecular formula is C21H20N4O4. The smallest absolute Gasteiger partial charge is 0.322 e. The lowest BCUT2D eigenvalue weighted by molar-refractivity contribution is -0.134. The maximum Gasteiger partial charge on any atom is 0.322 e. The molecule has 0 saturated carbocycles. The van der Waals surface area contributed by atoms with E-state index in [1.54, 1.807) is 12.1 Å². The number of piperazine rings is 1. The van der Waals surface area contributed by atoms with Crippen molar-refractivity contribution in [3.05, 3.63) is 41.5 Å². The van der Waals surface area contributed by atoms with Crippen molar-refractivity contribution in [1.29, 1.82) is 0 Å². The van der Waals surface area contributed by atoms with Crippen molar-refractivity contribution < 1.29 is 19.2 Å². The molecule has 1 fully saturated rings. The van der Waals surface area contributed by atoms with Crippen LogP contribution in [0.5, 0.6) is 0 Å². The molecule has 2 N–H and O–H groups in total. The monoisotopic (exact) mass is 392 g/mol. The number of fused-ring (bicyclic) bond motifs is 2. The van der Waals surface area contributed by atoms with Crippen LogP contribution in [0.2, 0.25) is 0 Å². The Hall–Kier alpha value is -3.39. The Balaban J connectivity index is 1.74. The molecule has 1 saturated heterocycles. The van der Waals surface area contributed by atoms with Gasteiger partial charge < -0.3 is 24.7 Å². The molecule has 0 atom stereocenters. The van der Waals surface area contributed by atoms with Crippen LogP contribution in [0.3, 0.4) is 0 Å². The molecule has 0 spiro atoms. The minimum atomic E-state index is -0.993. The third-order valence-corrected chi connectivity index (χ3v) is 5.65. The molecule has 3 aromatic rings. The van der Waals surface area contributed by atoms with Gasteiger partial charge in [-0.05, 0) is 13.1 Å². The van der Waals surface area contributed by atoms with E-state index in [-0.39, 0.29) is 12.3 Å². The Labute approximate surface area is 166 Å². The average molecular weight is 392 g/mol. The number of aliphatic carboxylic acids is 1. The normalized spacial score (nSPS) is 16.2. The molecule has 1 aliphatic heterocycles. The van der Waals surface area contributed by atoms with E-state index >= 15 is 0 Å². The highest BCUT2D eigenvalue weighted by molar-refractivity contribution is 6.28. The summed E-state index contributed by atoms with van der Waals surface area (Å²) in [6.45, 7) is 3.17. The van der Waals surface area contributed by atoms with Crippen molar-refractivity contribution in [1.82, 2.24) is 10.1 Å². The number of carboxylic acid groups (broad SMARTS) is 1. The van der Waals surface area contributed by atoms with Gasteiger partial charge in [-0.25, -0.2) is 0 Å². The lowest BCUT2D eigenvalue weighted by Crippen LogP contribution is -2.44. The lowest BCUT2D eigenvalue weighted by atomic mass is 9.86. The highest BCUT2D eigenvalue weighted by Crippen LogP contribution is 2.45. The Kier molecular flexibility index (Phi) is 4.02. The Morgan fingerprint density at radius 2 is 1.93 bits per heavy atom. The molecule has 8 nitrogen and oxygen atoms in total. The number of carbonyl (C=O) groups excluding carboxylic acids is 1. The standard InChI is InChI=1S/C21H20N4O4/c1-24-6-8-25(9-7-24)15-10-14(22-11-16(26)27)17-18-19(15)23-29-21(18)13-5-3-2-4-12(13)20(17)28/h2-5,10,22H,6-9,11H2,1H3,(H,26,27). The predicted molar refractivity (Wildman–Crippen MR) is 109 cm³/mol. The highest BCUT2D eigenvalue weighted by atomic mass is 16.5. The van der Waals surface area contributed by atoms with E-state index in [0.717, 1.165) is 31.9 Å². The van der Waals surface area contributed by atoms with E-state index in [2.05, 4.69) is 27.3 Å². The third-order valence-electron chi connectivity index (χ3n) is 5.65. The Morgan fingerprint density at radius 3 is 2.66 bits per heavy atom. The van der Waals surface area contributed by atoms with Gasteiger partial charge in [0.15, 0.2) is 11.5 Å². The number of hydrogen-bond donors (Lipinski definition) is 2. The van der Waals surface area contributed by atoms with E-state index in [0.29, 0.717) is 39.0 Å². The van der Waals surface area contributed by atoms with E-state index in [1.165, 1.54) is 0 Å². The molecule has 5 rings (SSSR count). The number of benzene rings is 2. The summed E-state index contributed by atoms with van der Waals surface area (Å²) in [5, 5.41) is 17.1. The maximum absolute atomic E-state index is 13.3. The van der Waals surface area contributed by atoms with Crippen LogP contribution in [0.1, 0.15) is 15.9 Å². The van der Waals surface area contributed by atoms with Gasteiger partial charge in [-0.3, -0.25) is 9.59 Å². The van der Waals surface area contributed by atoms with Gasteiger partial charge in [-0.2, -0.15) is 0 Å². The zero-order valence-corrected chi connectivity index (χ0v) is 15.9. The van der Waals surface area contributed by atoms with Gasteiger partial charge in [0.25, 0.3) is 0 Å². The summed E-state index contributed by atoms with van der Waals surface area (Å²) in [4.78, 5) is 28.9. The summed E-state index contributed by atoms with van der Waals surface area (Å²) in [6, 6.07) is 9.11. The first kappa shape index (κ1) is 17.7. The Morgan fingerprint density at radius 1 is 1.21 bits per heavy atom. The second kappa shape index (κ2) is 6.59. The van der Waals surface area contributed by atoms with Crippen molar-refractivity contribution in [2.45, 2.75) is 0 Å². The van der Waals surface area contributed by atoms with Crippen molar-refractivity contribution in [3.8, 4) is 11.3 Å².